The molecule has 0 aliphatic carbocycles. The first-order valence-corrected chi connectivity index (χ1v) is 8.31. The third kappa shape index (κ3) is 4.56. The van der Waals surface area contributed by atoms with Gasteiger partial charge in [0.25, 0.3) is 5.91 Å². The second-order valence-corrected chi connectivity index (χ2v) is 6.17. The Hall–Kier alpha value is -1.89. The zero-order chi connectivity index (χ0) is 15.9. The Morgan fingerprint density at radius 1 is 1.18 bits per heavy atom. The Kier molecular flexibility index (Phi) is 5.94. The number of rotatable bonds is 5. The van der Waals surface area contributed by atoms with Crippen LogP contribution in [-0.2, 0) is 9.59 Å². The van der Waals surface area contributed by atoms with Crippen molar-refractivity contribution in [1.29, 1.82) is 0 Å². The van der Waals surface area contributed by atoms with Crippen LogP contribution in [0.3, 0.4) is 0 Å². The standard InChI is InChI=1S/C15H21N3O3S/c1-12(19)17-7-9-18(10-8-17)14(20)5-2-6-16-15(21)13-4-3-11-22-13/h3-4,11H,2,5-10H2,1H3,(H,16,21). The minimum absolute atomic E-state index is 0.0587. The molecule has 0 atom stereocenters. The number of hydrogen-bond acceptors (Lipinski definition) is 4. The summed E-state index contributed by atoms with van der Waals surface area (Å²) in [5.41, 5.74) is 0. The first kappa shape index (κ1) is 16.5. The number of nitrogens with one attached hydrogen (secondary N) is 1. The van der Waals surface area contributed by atoms with Crippen molar-refractivity contribution in [2.75, 3.05) is 32.7 Å². The average Bonchev–Trinajstić information content (AvgIpc) is 3.05. The summed E-state index contributed by atoms with van der Waals surface area (Å²) in [5, 5.41) is 4.67. The van der Waals surface area contributed by atoms with Gasteiger partial charge < -0.3 is 15.1 Å². The summed E-state index contributed by atoms with van der Waals surface area (Å²) in [6.07, 6.45) is 1.05. The molecule has 0 radical (unpaired) electrons. The van der Waals surface area contributed by atoms with E-state index in [1.165, 1.54) is 11.3 Å². The predicted molar refractivity (Wildman–Crippen MR) is 84.7 cm³/mol. The van der Waals surface area contributed by atoms with Crippen molar-refractivity contribution in [2.45, 2.75) is 19.8 Å². The summed E-state index contributed by atoms with van der Waals surface area (Å²) in [5.74, 6) is 0.0643. The normalized spacial score (nSPS) is 14.8. The van der Waals surface area contributed by atoms with E-state index in [4.69, 9.17) is 0 Å². The summed E-state index contributed by atoms with van der Waals surface area (Å²) in [6.45, 7) is 4.45. The van der Waals surface area contributed by atoms with Gasteiger partial charge in [0.2, 0.25) is 11.8 Å². The van der Waals surface area contributed by atoms with Gasteiger partial charge in [-0.25, -0.2) is 0 Å². The fourth-order valence-electron chi connectivity index (χ4n) is 2.37. The highest BCUT2D eigenvalue weighted by molar-refractivity contribution is 7.12. The lowest BCUT2D eigenvalue weighted by molar-refractivity contribution is -0.138. The molecule has 3 amide bonds. The first-order chi connectivity index (χ1) is 10.6. The van der Waals surface area contributed by atoms with Crippen LogP contribution in [0.2, 0.25) is 0 Å². The van der Waals surface area contributed by atoms with E-state index in [1.807, 2.05) is 11.4 Å². The molecule has 1 saturated heterocycles. The van der Waals surface area contributed by atoms with Gasteiger partial charge in [-0.2, -0.15) is 0 Å². The van der Waals surface area contributed by atoms with Gasteiger partial charge in [0.15, 0.2) is 0 Å². The van der Waals surface area contributed by atoms with Crippen molar-refractivity contribution in [3.8, 4) is 0 Å². The molecule has 1 aliphatic rings. The van der Waals surface area contributed by atoms with Crippen LogP contribution in [0.15, 0.2) is 17.5 Å². The van der Waals surface area contributed by atoms with Crippen LogP contribution in [-0.4, -0.2) is 60.2 Å². The van der Waals surface area contributed by atoms with Crippen LogP contribution >= 0.6 is 11.3 Å². The molecule has 0 saturated carbocycles. The van der Waals surface area contributed by atoms with E-state index in [2.05, 4.69) is 5.32 Å². The fraction of sp³-hybridized carbons (Fsp3) is 0.533. The lowest BCUT2D eigenvalue weighted by Gasteiger charge is -2.34. The highest BCUT2D eigenvalue weighted by Crippen LogP contribution is 2.08. The molecule has 22 heavy (non-hydrogen) atoms. The fourth-order valence-corrected chi connectivity index (χ4v) is 3.01. The summed E-state index contributed by atoms with van der Waals surface area (Å²) in [7, 11) is 0. The molecule has 6 nitrogen and oxygen atoms in total. The highest BCUT2D eigenvalue weighted by Gasteiger charge is 2.21. The summed E-state index contributed by atoms with van der Waals surface area (Å²) in [6, 6.07) is 3.61. The number of amides is 3. The molecular formula is C15H21N3O3S. The highest BCUT2D eigenvalue weighted by atomic mass is 32.1. The Morgan fingerprint density at radius 2 is 1.86 bits per heavy atom. The van der Waals surface area contributed by atoms with E-state index < -0.39 is 0 Å². The molecule has 0 aromatic carbocycles. The van der Waals surface area contributed by atoms with E-state index in [9.17, 15) is 14.4 Å². The molecule has 0 bridgehead atoms. The van der Waals surface area contributed by atoms with Gasteiger partial charge in [-0.05, 0) is 17.9 Å². The van der Waals surface area contributed by atoms with Crippen LogP contribution in [0.5, 0.6) is 0 Å². The van der Waals surface area contributed by atoms with Gasteiger partial charge in [-0.15, -0.1) is 11.3 Å². The number of thiophene rings is 1. The quantitative estimate of drug-likeness (QED) is 0.820. The Balaban J connectivity index is 1.62. The zero-order valence-electron chi connectivity index (χ0n) is 12.7. The largest absolute Gasteiger partial charge is 0.351 e. The summed E-state index contributed by atoms with van der Waals surface area (Å²) in [4.78, 5) is 39.2. The lowest BCUT2D eigenvalue weighted by atomic mass is 10.2. The lowest BCUT2D eigenvalue weighted by Crippen LogP contribution is -2.50. The predicted octanol–water partition coefficient (Wildman–Crippen LogP) is 0.949. The van der Waals surface area contributed by atoms with E-state index >= 15 is 0 Å². The molecule has 120 valence electrons. The molecule has 1 fully saturated rings. The molecular weight excluding hydrogens is 302 g/mol. The van der Waals surface area contributed by atoms with Crippen molar-refractivity contribution >= 4 is 29.1 Å². The number of hydrogen-bond donors (Lipinski definition) is 1. The first-order valence-electron chi connectivity index (χ1n) is 7.43. The van der Waals surface area contributed by atoms with Crippen LogP contribution in [0, 0.1) is 0 Å². The molecule has 2 heterocycles. The maximum atomic E-state index is 12.1. The van der Waals surface area contributed by atoms with Gasteiger partial charge in [0.1, 0.15) is 0 Å². The number of carbonyl (C=O) groups is 3. The van der Waals surface area contributed by atoms with E-state index in [0.717, 1.165) is 0 Å². The average molecular weight is 323 g/mol. The van der Waals surface area contributed by atoms with Crippen molar-refractivity contribution in [1.82, 2.24) is 15.1 Å². The van der Waals surface area contributed by atoms with Gasteiger partial charge in [0.05, 0.1) is 4.88 Å². The van der Waals surface area contributed by atoms with Crippen LogP contribution < -0.4 is 5.32 Å². The van der Waals surface area contributed by atoms with Gasteiger partial charge in [-0.3, -0.25) is 14.4 Å². The van der Waals surface area contributed by atoms with Crippen molar-refractivity contribution in [2.24, 2.45) is 0 Å². The maximum Gasteiger partial charge on any atom is 0.261 e. The van der Waals surface area contributed by atoms with Crippen LogP contribution in [0.4, 0.5) is 0 Å². The molecule has 0 unspecified atom stereocenters. The smallest absolute Gasteiger partial charge is 0.261 e. The molecule has 1 aromatic heterocycles. The second kappa shape index (κ2) is 7.93. The minimum Gasteiger partial charge on any atom is -0.351 e. The molecule has 7 heteroatoms. The Labute approximate surface area is 134 Å². The number of piperazine rings is 1. The SMILES string of the molecule is CC(=O)N1CCN(C(=O)CCCNC(=O)c2cccs2)CC1. The van der Waals surface area contributed by atoms with Crippen LogP contribution in [0.1, 0.15) is 29.4 Å². The Bertz CT molecular complexity index is 522. The number of carbonyl (C=O) groups excluding carboxylic acids is 3. The van der Waals surface area contributed by atoms with Gasteiger partial charge in [0, 0.05) is 46.1 Å². The third-order valence-electron chi connectivity index (χ3n) is 3.68. The monoisotopic (exact) mass is 323 g/mol. The molecule has 1 aliphatic heterocycles. The third-order valence-corrected chi connectivity index (χ3v) is 4.54. The van der Waals surface area contributed by atoms with Crippen molar-refractivity contribution < 1.29 is 14.4 Å². The van der Waals surface area contributed by atoms with E-state index in [-0.39, 0.29) is 17.7 Å². The topological polar surface area (TPSA) is 69.7 Å². The van der Waals surface area contributed by atoms with Crippen molar-refractivity contribution in [3.05, 3.63) is 22.4 Å². The molecule has 0 spiro atoms. The van der Waals surface area contributed by atoms with E-state index in [1.54, 1.807) is 22.8 Å². The maximum absolute atomic E-state index is 12.1. The zero-order valence-corrected chi connectivity index (χ0v) is 13.5. The summed E-state index contributed by atoms with van der Waals surface area (Å²) < 4.78 is 0. The molecule has 1 aromatic rings. The van der Waals surface area contributed by atoms with Gasteiger partial charge >= 0.3 is 0 Å². The van der Waals surface area contributed by atoms with Gasteiger partial charge in [-0.1, -0.05) is 6.07 Å². The number of nitrogens with zero attached hydrogens (tertiary/aromatic N) is 2. The van der Waals surface area contributed by atoms with E-state index in [0.29, 0.717) is 50.4 Å². The minimum atomic E-state index is -0.0856. The Morgan fingerprint density at radius 3 is 2.45 bits per heavy atom. The summed E-state index contributed by atoms with van der Waals surface area (Å²) >= 11 is 1.40. The van der Waals surface area contributed by atoms with Crippen LogP contribution in [0.25, 0.3) is 0 Å². The second-order valence-electron chi connectivity index (χ2n) is 5.22. The molecule has 2 rings (SSSR count). The molecule has 1 N–H and O–H groups in total. The van der Waals surface area contributed by atoms with Crippen molar-refractivity contribution in [3.63, 3.8) is 0 Å².